The van der Waals surface area contributed by atoms with Crippen LogP contribution in [0.5, 0.6) is 0 Å². The van der Waals surface area contributed by atoms with Crippen molar-refractivity contribution in [1.29, 1.82) is 0 Å². The van der Waals surface area contributed by atoms with E-state index in [0.717, 1.165) is 5.75 Å². The molecule has 1 rings (SSSR count). The van der Waals surface area contributed by atoms with Crippen molar-refractivity contribution in [3.8, 4) is 0 Å². The second kappa shape index (κ2) is 7.10. The highest BCUT2D eigenvalue weighted by Gasteiger charge is 2.17. The Morgan fingerprint density at radius 1 is 1.40 bits per heavy atom. The molecule has 0 aliphatic heterocycles. The largest absolute Gasteiger partial charge is 0.349 e. The molecule has 5 nitrogen and oxygen atoms in total. The lowest BCUT2D eigenvalue weighted by molar-refractivity contribution is -0.124. The SMILES string of the molecule is CSCC(C)C(=O)NC(C)c1cccc(S(N)(=O)=O)c1. The third kappa shape index (κ3) is 4.81. The van der Waals surface area contributed by atoms with Crippen molar-refractivity contribution >= 4 is 27.7 Å². The maximum Gasteiger partial charge on any atom is 0.238 e. The van der Waals surface area contributed by atoms with Crippen molar-refractivity contribution in [2.45, 2.75) is 24.8 Å². The van der Waals surface area contributed by atoms with Crippen LogP contribution in [0.25, 0.3) is 0 Å². The van der Waals surface area contributed by atoms with Gasteiger partial charge in [-0.15, -0.1) is 0 Å². The molecule has 0 spiro atoms. The van der Waals surface area contributed by atoms with Gasteiger partial charge in [0.15, 0.2) is 0 Å². The van der Waals surface area contributed by atoms with Gasteiger partial charge in [0.25, 0.3) is 0 Å². The number of hydrogen-bond acceptors (Lipinski definition) is 4. The van der Waals surface area contributed by atoms with Crippen molar-refractivity contribution in [3.63, 3.8) is 0 Å². The lowest BCUT2D eigenvalue weighted by Crippen LogP contribution is -2.32. The van der Waals surface area contributed by atoms with E-state index in [9.17, 15) is 13.2 Å². The second-order valence-corrected chi connectivity index (χ2v) is 7.18. The highest BCUT2D eigenvalue weighted by Crippen LogP contribution is 2.17. The van der Waals surface area contributed by atoms with Crippen LogP contribution in [0.4, 0.5) is 0 Å². The molecular weight excluding hydrogens is 296 g/mol. The molecule has 0 bridgehead atoms. The average molecular weight is 316 g/mol. The molecule has 1 amide bonds. The second-order valence-electron chi connectivity index (χ2n) is 4.70. The molecule has 112 valence electrons. The molecule has 0 fully saturated rings. The summed E-state index contributed by atoms with van der Waals surface area (Å²) >= 11 is 1.61. The van der Waals surface area contributed by atoms with Crippen LogP contribution in [-0.4, -0.2) is 26.3 Å². The van der Waals surface area contributed by atoms with Gasteiger partial charge in [-0.2, -0.15) is 11.8 Å². The Bertz CT molecular complexity index is 573. The zero-order valence-electron chi connectivity index (χ0n) is 11.8. The Kier molecular flexibility index (Phi) is 6.04. The Morgan fingerprint density at radius 2 is 2.05 bits per heavy atom. The van der Waals surface area contributed by atoms with E-state index in [4.69, 9.17) is 5.14 Å². The van der Waals surface area contributed by atoms with Gasteiger partial charge in [-0.1, -0.05) is 19.1 Å². The Labute approximate surface area is 124 Å². The molecular formula is C13H20N2O3S2. The lowest BCUT2D eigenvalue weighted by atomic mass is 10.1. The molecule has 0 radical (unpaired) electrons. The van der Waals surface area contributed by atoms with Crippen LogP contribution in [0, 0.1) is 5.92 Å². The van der Waals surface area contributed by atoms with Gasteiger partial charge >= 0.3 is 0 Å². The van der Waals surface area contributed by atoms with Crippen LogP contribution in [-0.2, 0) is 14.8 Å². The molecule has 2 unspecified atom stereocenters. The van der Waals surface area contributed by atoms with E-state index in [1.165, 1.54) is 12.1 Å². The summed E-state index contributed by atoms with van der Waals surface area (Å²) in [4.78, 5) is 12.0. The number of hydrogen-bond donors (Lipinski definition) is 2. The van der Waals surface area contributed by atoms with Gasteiger partial charge in [-0.3, -0.25) is 4.79 Å². The summed E-state index contributed by atoms with van der Waals surface area (Å²) in [5, 5.41) is 7.97. The third-order valence-electron chi connectivity index (χ3n) is 2.91. The first-order chi connectivity index (χ1) is 9.25. The fraction of sp³-hybridized carbons (Fsp3) is 0.462. The number of primary sulfonamides is 1. The number of nitrogens with one attached hydrogen (secondary N) is 1. The third-order valence-corrected chi connectivity index (χ3v) is 4.65. The molecule has 1 aromatic rings. The van der Waals surface area contributed by atoms with E-state index < -0.39 is 10.0 Å². The first-order valence-electron chi connectivity index (χ1n) is 6.17. The first kappa shape index (κ1) is 17.0. The van der Waals surface area contributed by atoms with Crippen LogP contribution in [0.2, 0.25) is 0 Å². The number of sulfonamides is 1. The molecule has 0 heterocycles. The predicted octanol–water partition coefficient (Wildman–Crippen LogP) is 1.51. The quantitative estimate of drug-likeness (QED) is 0.832. The summed E-state index contributed by atoms with van der Waals surface area (Å²) in [6.07, 6.45) is 1.95. The van der Waals surface area contributed by atoms with Crippen molar-refractivity contribution in [3.05, 3.63) is 29.8 Å². The fourth-order valence-corrected chi connectivity index (χ4v) is 2.95. The van der Waals surface area contributed by atoms with Crippen molar-refractivity contribution in [2.24, 2.45) is 11.1 Å². The molecule has 0 saturated carbocycles. The van der Waals surface area contributed by atoms with Gasteiger partial charge in [0.2, 0.25) is 15.9 Å². The van der Waals surface area contributed by atoms with Crippen molar-refractivity contribution in [2.75, 3.05) is 12.0 Å². The van der Waals surface area contributed by atoms with E-state index >= 15 is 0 Å². The van der Waals surface area contributed by atoms with Gasteiger partial charge in [-0.25, -0.2) is 13.6 Å². The maximum absolute atomic E-state index is 11.9. The minimum atomic E-state index is -3.73. The van der Waals surface area contributed by atoms with Crippen LogP contribution in [0.1, 0.15) is 25.5 Å². The number of carbonyl (C=O) groups is 1. The van der Waals surface area contributed by atoms with E-state index in [2.05, 4.69) is 5.32 Å². The first-order valence-corrected chi connectivity index (χ1v) is 9.11. The number of nitrogens with two attached hydrogens (primary N) is 1. The standard InChI is InChI=1S/C13H20N2O3S2/c1-9(8-19-3)13(16)15-10(2)11-5-4-6-12(7-11)20(14,17)18/h4-7,9-10H,8H2,1-3H3,(H,15,16)(H2,14,17,18). The maximum atomic E-state index is 11.9. The Morgan fingerprint density at radius 3 is 2.60 bits per heavy atom. The summed E-state index contributed by atoms with van der Waals surface area (Å²) in [5.41, 5.74) is 0.709. The molecule has 0 aromatic heterocycles. The highest BCUT2D eigenvalue weighted by atomic mass is 32.2. The van der Waals surface area contributed by atoms with E-state index in [1.807, 2.05) is 20.1 Å². The molecule has 0 aliphatic rings. The van der Waals surface area contributed by atoms with Gasteiger partial charge in [0.05, 0.1) is 10.9 Å². The van der Waals surface area contributed by atoms with Crippen LogP contribution >= 0.6 is 11.8 Å². The van der Waals surface area contributed by atoms with Crippen molar-refractivity contribution in [1.82, 2.24) is 5.32 Å². The monoisotopic (exact) mass is 316 g/mol. The van der Waals surface area contributed by atoms with Gasteiger partial charge in [0.1, 0.15) is 0 Å². The molecule has 3 N–H and O–H groups in total. The summed E-state index contributed by atoms with van der Waals surface area (Å²) in [6, 6.07) is 6.03. The fourth-order valence-electron chi connectivity index (χ4n) is 1.73. The molecule has 7 heteroatoms. The zero-order chi connectivity index (χ0) is 15.3. The smallest absolute Gasteiger partial charge is 0.238 e. The molecule has 2 atom stereocenters. The Balaban J connectivity index is 2.83. The number of rotatable bonds is 6. The topological polar surface area (TPSA) is 89.3 Å². The number of carbonyl (C=O) groups excluding carboxylic acids is 1. The zero-order valence-corrected chi connectivity index (χ0v) is 13.4. The minimum absolute atomic E-state index is 0.0483. The van der Waals surface area contributed by atoms with Crippen LogP contribution in [0.15, 0.2) is 29.2 Å². The van der Waals surface area contributed by atoms with Crippen LogP contribution in [0.3, 0.4) is 0 Å². The normalized spacial score (nSPS) is 14.6. The number of thioether (sulfide) groups is 1. The minimum Gasteiger partial charge on any atom is -0.349 e. The van der Waals surface area contributed by atoms with Gasteiger partial charge in [-0.05, 0) is 30.9 Å². The molecule has 0 saturated heterocycles. The van der Waals surface area contributed by atoms with E-state index in [0.29, 0.717) is 5.56 Å². The number of benzene rings is 1. The highest BCUT2D eigenvalue weighted by molar-refractivity contribution is 7.98. The average Bonchev–Trinajstić information content (AvgIpc) is 2.38. The molecule has 1 aromatic carbocycles. The summed E-state index contributed by atoms with van der Waals surface area (Å²) in [5.74, 6) is 0.609. The van der Waals surface area contributed by atoms with Crippen LogP contribution < -0.4 is 10.5 Å². The van der Waals surface area contributed by atoms with Crippen molar-refractivity contribution < 1.29 is 13.2 Å². The van der Waals surface area contributed by atoms with Gasteiger partial charge < -0.3 is 5.32 Å². The predicted molar refractivity (Wildman–Crippen MR) is 81.9 cm³/mol. The lowest BCUT2D eigenvalue weighted by Gasteiger charge is -2.18. The summed E-state index contributed by atoms with van der Waals surface area (Å²) in [7, 11) is -3.73. The summed E-state index contributed by atoms with van der Waals surface area (Å²) < 4.78 is 22.6. The molecule has 0 aliphatic carbocycles. The number of amides is 1. The molecule has 20 heavy (non-hydrogen) atoms. The van der Waals surface area contributed by atoms with E-state index in [1.54, 1.807) is 23.9 Å². The summed E-state index contributed by atoms with van der Waals surface area (Å²) in [6.45, 7) is 3.67. The van der Waals surface area contributed by atoms with Gasteiger partial charge in [0, 0.05) is 11.7 Å². The van der Waals surface area contributed by atoms with E-state index in [-0.39, 0.29) is 22.8 Å². The Hall–Kier alpha value is -1.05.